The summed E-state index contributed by atoms with van der Waals surface area (Å²) >= 11 is 0. The van der Waals surface area contributed by atoms with E-state index >= 15 is 0 Å². The first-order valence-corrected chi connectivity index (χ1v) is 6.05. The maximum Gasteiger partial charge on any atom is 0.276 e. The molecule has 2 rings (SSSR count). The standard InChI is InChI=1S/C12H16N6O/c13-4-2-6-18(9-10-3-1-5-14-7-10)12(19)11-8-15-17-16-11/h1,3,5,7-8H,2,4,6,9,13H2,(H,15,16,17). The fourth-order valence-corrected chi connectivity index (χ4v) is 1.71. The molecule has 2 aromatic rings. The van der Waals surface area contributed by atoms with Crippen LogP contribution in [0.4, 0.5) is 0 Å². The Morgan fingerprint density at radius 1 is 1.42 bits per heavy atom. The molecule has 7 nitrogen and oxygen atoms in total. The lowest BCUT2D eigenvalue weighted by molar-refractivity contribution is 0.0736. The first-order chi connectivity index (χ1) is 9.31. The van der Waals surface area contributed by atoms with Crippen LogP contribution < -0.4 is 5.73 Å². The number of carbonyl (C=O) groups is 1. The van der Waals surface area contributed by atoms with E-state index in [4.69, 9.17) is 5.73 Å². The number of aromatic amines is 1. The van der Waals surface area contributed by atoms with Crippen LogP contribution in [-0.2, 0) is 6.54 Å². The Kier molecular flexibility index (Phi) is 4.57. The van der Waals surface area contributed by atoms with Crippen LogP contribution in [0, 0.1) is 0 Å². The van der Waals surface area contributed by atoms with Gasteiger partial charge in [0.2, 0.25) is 0 Å². The van der Waals surface area contributed by atoms with Gasteiger partial charge in [-0.1, -0.05) is 6.07 Å². The number of nitrogens with zero attached hydrogens (tertiary/aromatic N) is 4. The van der Waals surface area contributed by atoms with E-state index in [9.17, 15) is 4.79 Å². The van der Waals surface area contributed by atoms with Crippen LogP contribution in [0.2, 0.25) is 0 Å². The van der Waals surface area contributed by atoms with Gasteiger partial charge in [-0.2, -0.15) is 15.4 Å². The molecular weight excluding hydrogens is 244 g/mol. The van der Waals surface area contributed by atoms with E-state index in [1.54, 1.807) is 17.3 Å². The highest BCUT2D eigenvalue weighted by atomic mass is 16.2. The van der Waals surface area contributed by atoms with Crippen LogP contribution in [-0.4, -0.2) is 44.3 Å². The quantitative estimate of drug-likeness (QED) is 0.772. The van der Waals surface area contributed by atoms with E-state index in [-0.39, 0.29) is 5.91 Å². The first kappa shape index (κ1) is 13.2. The number of nitrogens with two attached hydrogens (primary N) is 1. The molecule has 2 heterocycles. The summed E-state index contributed by atoms with van der Waals surface area (Å²) in [5, 5.41) is 9.91. The molecule has 0 aromatic carbocycles. The fraction of sp³-hybridized carbons (Fsp3) is 0.333. The van der Waals surface area contributed by atoms with Crippen molar-refractivity contribution < 1.29 is 4.79 Å². The molecule has 0 atom stereocenters. The molecule has 0 aliphatic carbocycles. The summed E-state index contributed by atoms with van der Waals surface area (Å²) in [5.41, 5.74) is 6.78. The van der Waals surface area contributed by atoms with E-state index in [0.29, 0.717) is 25.3 Å². The molecule has 0 spiro atoms. The van der Waals surface area contributed by atoms with Gasteiger partial charge in [-0.25, -0.2) is 0 Å². The molecule has 0 saturated heterocycles. The molecule has 7 heteroatoms. The number of amides is 1. The minimum atomic E-state index is -0.161. The summed E-state index contributed by atoms with van der Waals surface area (Å²) < 4.78 is 0. The van der Waals surface area contributed by atoms with Crippen LogP contribution >= 0.6 is 0 Å². The van der Waals surface area contributed by atoms with Crippen molar-refractivity contribution in [2.24, 2.45) is 5.73 Å². The van der Waals surface area contributed by atoms with Gasteiger partial charge in [0.25, 0.3) is 5.91 Å². The Bertz CT molecular complexity index is 498. The third kappa shape index (κ3) is 3.59. The minimum Gasteiger partial charge on any atom is -0.333 e. The number of pyridine rings is 1. The van der Waals surface area contributed by atoms with E-state index in [2.05, 4.69) is 20.4 Å². The summed E-state index contributed by atoms with van der Waals surface area (Å²) in [6.45, 7) is 1.60. The number of aromatic nitrogens is 4. The average molecular weight is 260 g/mol. The van der Waals surface area contributed by atoms with Crippen molar-refractivity contribution in [1.82, 2.24) is 25.3 Å². The molecule has 3 N–H and O–H groups in total. The topological polar surface area (TPSA) is 101 Å². The predicted octanol–water partition coefficient (Wildman–Crippen LogP) is 0.191. The zero-order valence-corrected chi connectivity index (χ0v) is 10.5. The van der Waals surface area contributed by atoms with Gasteiger partial charge in [0.05, 0.1) is 6.20 Å². The summed E-state index contributed by atoms with van der Waals surface area (Å²) in [6, 6.07) is 3.77. The van der Waals surface area contributed by atoms with E-state index in [0.717, 1.165) is 12.0 Å². The van der Waals surface area contributed by atoms with Gasteiger partial charge in [0, 0.05) is 25.5 Å². The Morgan fingerprint density at radius 3 is 2.95 bits per heavy atom. The molecule has 19 heavy (non-hydrogen) atoms. The Balaban J connectivity index is 2.09. The summed E-state index contributed by atoms with van der Waals surface area (Å²) in [7, 11) is 0. The lowest BCUT2D eigenvalue weighted by atomic mass is 10.2. The van der Waals surface area contributed by atoms with Crippen molar-refractivity contribution in [3.05, 3.63) is 42.0 Å². The molecule has 2 aromatic heterocycles. The molecule has 0 unspecified atom stereocenters. The average Bonchev–Trinajstić information content (AvgIpc) is 2.98. The van der Waals surface area contributed by atoms with Gasteiger partial charge in [-0.3, -0.25) is 9.78 Å². The fourth-order valence-electron chi connectivity index (χ4n) is 1.71. The normalized spacial score (nSPS) is 10.4. The van der Waals surface area contributed by atoms with Gasteiger partial charge in [-0.05, 0) is 24.6 Å². The van der Waals surface area contributed by atoms with Crippen LogP contribution in [0.25, 0.3) is 0 Å². The van der Waals surface area contributed by atoms with Crippen LogP contribution in [0.5, 0.6) is 0 Å². The second-order valence-electron chi connectivity index (χ2n) is 4.09. The van der Waals surface area contributed by atoms with Crippen molar-refractivity contribution in [1.29, 1.82) is 0 Å². The minimum absolute atomic E-state index is 0.161. The van der Waals surface area contributed by atoms with Gasteiger partial charge in [0.15, 0.2) is 5.69 Å². The van der Waals surface area contributed by atoms with Gasteiger partial charge >= 0.3 is 0 Å². The van der Waals surface area contributed by atoms with Gasteiger partial charge in [0.1, 0.15) is 0 Å². The maximum absolute atomic E-state index is 12.3. The Hall–Kier alpha value is -2.28. The van der Waals surface area contributed by atoms with Crippen LogP contribution in [0.3, 0.4) is 0 Å². The third-order valence-electron chi connectivity index (χ3n) is 2.65. The molecule has 1 amide bonds. The molecule has 0 aliphatic rings. The molecule has 0 saturated carbocycles. The molecule has 0 aliphatic heterocycles. The van der Waals surface area contributed by atoms with Gasteiger partial charge < -0.3 is 10.6 Å². The third-order valence-corrected chi connectivity index (χ3v) is 2.65. The van der Waals surface area contributed by atoms with Crippen molar-refractivity contribution >= 4 is 5.91 Å². The molecule has 100 valence electrons. The number of hydrogen-bond acceptors (Lipinski definition) is 5. The lowest BCUT2D eigenvalue weighted by Gasteiger charge is -2.21. The number of carbonyl (C=O) groups excluding carboxylic acids is 1. The highest BCUT2D eigenvalue weighted by molar-refractivity contribution is 5.91. The maximum atomic E-state index is 12.3. The first-order valence-electron chi connectivity index (χ1n) is 6.05. The second-order valence-corrected chi connectivity index (χ2v) is 4.09. The predicted molar refractivity (Wildman–Crippen MR) is 69.0 cm³/mol. The largest absolute Gasteiger partial charge is 0.333 e. The zero-order chi connectivity index (χ0) is 13.5. The van der Waals surface area contributed by atoms with E-state index in [1.165, 1.54) is 6.20 Å². The highest BCUT2D eigenvalue weighted by Crippen LogP contribution is 2.07. The monoisotopic (exact) mass is 260 g/mol. The highest BCUT2D eigenvalue weighted by Gasteiger charge is 2.18. The number of H-pyrrole nitrogens is 1. The Labute approximate surface area is 110 Å². The SMILES string of the molecule is NCCCN(Cc1cccnc1)C(=O)c1cn[nH]n1. The van der Waals surface area contributed by atoms with Crippen LogP contribution in [0.15, 0.2) is 30.7 Å². The number of hydrogen-bond donors (Lipinski definition) is 2. The summed E-state index contributed by atoms with van der Waals surface area (Å²) in [6.07, 6.45) is 5.60. The van der Waals surface area contributed by atoms with Crippen molar-refractivity contribution in [2.45, 2.75) is 13.0 Å². The molecule has 0 radical (unpaired) electrons. The zero-order valence-electron chi connectivity index (χ0n) is 10.5. The number of rotatable bonds is 6. The van der Waals surface area contributed by atoms with Gasteiger partial charge in [-0.15, -0.1) is 0 Å². The molecule has 0 fully saturated rings. The van der Waals surface area contributed by atoms with Crippen molar-refractivity contribution in [2.75, 3.05) is 13.1 Å². The van der Waals surface area contributed by atoms with E-state index in [1.807, 2.05) is 12.1 Å². The molecule has 0 bridgehead atoms. The second kappa shape index (κ2) is 6.60. The van der Waals surface area contributed by atoms with Crippen molar-refractivity contribution in [3.63, 3.8) is 0 Å². The summed E-state index contributed by atoms with van der Waals surface area (Å²) in [4.78, 5) is 18.0. The lowest BCUT2D eigenvalue weighted by Crippen LogP contribution is -2.32. The smallest absolute Gasteiger partial charge is 0.276 e. The summed E-state index contributed by atoms with van der Waals surface area (Å²) in [5.74, 6) is -0.161. The Morgan fingerprint density at radius 2 is 2.32 bits per heavy atom. The number of nitrogens with one attached hydrogen (secondary N) is 1. The van der Waals surface area contributed by atoms with E-state index < -0.39 is 0 Å². The van der Waals surface area contributed by atoms with Crippen molar-refractivity contribution in [3.8, 4) is 0 Å². The molecular formula is C12H16N6O. The van der Waals surface area contributed by atoms with Crippen LogP contribution in [0.1, 0.15) is 22.5 Å².